The minimum atomic E-state index is -1.09. The number of hydrogen-bond donors (Lipinski definition) is 3. The van der Waals surface area contributed by atoms with E-state index in [0.717, 1.165) is 0 Å². The SMILES string of the molecule is COC1=N[C@H]2O[C@H](CO)[C@@H](O)[C@H](O)[C@H]2S1. The molecule has 0 spiro atoms. The molecule has 5 atom stereocenters. The van der Waals surface area contributed by atoms with E-state index in [0.29, 0.717) is 5.23 Å². The fourth-order valence-corrected chi connectivity index (χ4v) is 2.69. The third-order valence-electron chi connectivity index (χ3n) is 2.49. The molecule has 0 radical (unpaired) electrons. The fraction of sp³-hybridized carbons (Fsp3) is 0.875. The Morgan fingerprint density at radius 1 is 1.47 bits per heavy atom. The Morgan fingerprint density at radius 3 is 2.80 bits per heavy atom. The molecule has 2 aliphatic heterocycles. The van der Waals surface area contributed by atoms with Gasteiger partial charge in [0.15, 0.2) is 6.23 Å². The van der Waals surface area contributed by atoms with Gasteiger partial charge < -0.3 is 24.8 Å². The van der Waals surface area contributed by atoms with Crippen LogP contribution >= 0.6 is 11.8 Å². The second-order valence-electron chi connectivity index (χ2n) is 3.41. The van der Waals surface area contributed by atoms with Gasteiger partial charge >= 0.3 is 0 Å². The van der Waals surface area contributed by atoms with Crippen LogP contribution in [-0.4, -0.2) is 64.1 Å². The van der Waals surface area contributed by atoms with Crippen LogP contribution in [0.2, 0.25) is 0 Å². The summed E-state index contributed by atoms with van der Waals surface area (Å²) >= 11 is 1.23. The molecule has 1 saturated heterocycles. The maximum Gasteiger partial charge on any atom is 0.248 e. The monoisotopic (exact) mass is 235 g/mol. The average Bonchev–Trinajstić information content (AvgIpc) is 2.66. The molecule has 1 fully saturated rings. The summed E-state index contributed by atoms with van der Waals surface area (Å²) in [5.41, 5.74) is 0. The summed E-state index contributed by atoms with van der Waals surface area (Å²) in [6.45, 7) is -0.343. The summed E-state index contributed by atoms with van der Waals surface area (Å²) < 4.78 is 10.3. The van der Waals surface area contributed by atoms with E-state index in [9.17, 15) is 10.2 Å². The molecule has 2 aliphatic rings. The van der Waals surface area contributed by atoms with E-state index in [2.05, 4.69) is 4.99 Å². The Kier molecular flexibility index (Phi) is 3.17. The molecule has 0 saturated carbocycles. The highest BCUT2D eigenvalue weighted by Gasteiger charge is 2.48. The molecule has 0 bridgehead atoms. The second kappa shape index (κ2) is 4.26. The third-order valence-corrected chi connectivity index (χ3v) is 3.74. The first-order valence-corrected chi connectivity index (χ1v) is 5.46. The summed E-state index contributed by atoms with van der Waals surface area (Å²) in [4.78, 5) is 4.06. The van der Waals surface area contributed by atoms with Crippen molar-refractivity contribution in [2.45, 2.75) is 29.8 Å². The first-order valence-electron chi connectivity index (χ1n) is 4.58. The molecule has 0 aromatic heterocycles. The van der Waals surface area contributed by atoms with E-state index in [1.807, 2.05) is 0 Å². The van der Waals surface area contributed by atoms with Crippen molar-refractivity contribution in [1.82, 2.24) is 0 Å². The predicted molar refractivity (Wildman–Crippen MR) is 53.6 cm³/mol. The number of methoxy groups -OCH3 is 1. The van der Waals surface area contributed by atoms with Crippen molar-refractivity contribution in [3.05, 3.63) is 0 Å². The molecule has 0 aromatic rings. The summed E-state index contributed by atoms with van der Waals surface area (Å²) in [5.74, 6) is 0. The number of aliphatic hydroxyl groups excluding tert-OH is 3. The van der Waals surface area contributed by atoms with Crippen LogP contribution in [0, 0.1) is 0 Å². The molecule has 6 nitrogen and oxygen atoms in total. The van der Waals surface area contributed by atoms with Crippen molar-refractivity contribution >= 4 is 17.0 Å². The van der Waals surface area contributed by atoms with Gasteiger partial charge in [-0.3, -0.25) is 0 Å². The first kappa shape index (κ1) is 11.2. The molecule has 0 unspecified atom stereocenters. The molecule has 2 rings (SSSR count). The lowest BCUT2D eigenvalue weighted by Gasteiger charge is -2.37. The highest BCUT2D eigenvalue weighted by atomic mass is 32.2. The van der Waals surface area contributed by atoms with Gasteiger partial charge in [0.25, 0.3) is 0 Å². The van der Waals surface area contributed by atoms with E-state index in [1.165, 1.54) is 18.9 Å². The van der Waals surface area contributed by atoms with Gasteiger partial charge in [0.05, 0.1) is 25.1 Å². The number of aliphatic imine (C=N–C) groups is 1. The van der Waals surface area contributed by atoms with Crippen molar-refractivity contribution in [3.8, 4) is 0 Å². The number of aliphatic hydroxyl groups is 3. The number of fused-ring (bicyclic) bond motifs is 1. The van der Waals surface area contributed by atoms with Crippen molar-refractivity contribution in [2.75, 3.05) is 13.7 Å². The molecule has 3 N–H and O–H groups in total. The van der Waals surface area contributed by atoms with E-state index in [1.54, 1.807) is 0 Å². The number of rotatable bonds is 1. The van der Waals surface area contributed by atoms with Crippen LogP contribution < -0.4 is 0 Å². The molecule has 86 valence electrons. The lowest BCUT2D eigenvalue weighted by Crippen LogP contribution is -2.55. The highest BCUT2D eigenvalue weighted by molar-refractivity contribution is 8.14. The molecule has 0 aromatic carbocycles. The van der Waals surface area contributed by atoms with Crippen LogP contribution in [0.4, 0.5) is 0 Å². The maximum atomic E-state index is 9.77. The van der Waals surface area contributed by atoms with Gasteiger partial charge in [-0.15, -0.1) is 0 Å². The zero-order chi connectivity index (χ0) is 11.0. The van der Waals surface area contributed by atoms with Gasteiger partial charge in [0.2, 0.25) is 5.23 Å². The third kappa shape index (κ3) is 1.85. The largest absolute Gasteiger partial charge is 0.476 e. The van der Waals surface area contributed by atoms with Gasteiger partial charge in [0, 0.05) is 0 Å². The number of ether oxygens (including phenoxy) is 2. The van der Waals surface area contributed by atoms with Crippen molar-refractivity contribution in [3.63, 3.8) is 0 Å². The van der Waals surface area contributed by atoms with E-state index in [4.69, 9.17) is 14.6 Å². The van der Waals surface area contributed by atoms with Crippen LogP contribution in [0.3, 0.4) is 0 Å². The Hall–Kier alpha value is -0.340. The predicted octanol–water partition coefficient (Wildman–Crippen LogP) is -1.46. The van der Waals surface area contributed by atoms with E-state index >= 15 is 0 Å². The van der Waals surface area contributed by atoms with E-state index < -0.39 is 24.5 Å². The molecule has 7 heteroatoms. The van der Waals surface area contributed by atoms with Gasteiger partial charge in [0.1, 0.15) is 12.2 Å². The lowest BCUT2D eigenvalue weighted by molar-refractivity contribution is -0.171. The molecule has 15 heavy (non-hydrogen) atoms. The molecule has 0 aliphatic carbocycles. The normalized spacial score (nSPS) is 44.8. The summed E-state index contributed by atoms with van der Waals surface area (Å²) in [6.07, 6.45) is -3.40. The number of hydrogen-bond acceptors (Lipinski definition) is 7. The fourth-order valence-electron chi connectivity index (χ4n) is 1.65. The Morgan fingerprint density at radius 2 is 2.20 bits per heavy atom. The summed E-state index contributed by atoms with van der Waals surface area (Å²) in [7, 11) is 1.48. The van der Waals surface area contributed by atoms with Gasteiger partial charge in [-0.05, 0) is 0 Å². The van der Waals surface area contributed by atoms with Crippen LogP contribution in [0.15, 0.2) is 4.99 Å². The standard InChI is InChI=1S/C8H13NO5S/c1-13-8-9-7-6(15-8)5(12)4(11)3(2-10)14-7/h3-7,10-12H,2H2,1H3/t3-,4-,5+,6-,7+/m1/s1. The van der Waals surface area contributed by atoms with Gasteiger partial charge in [-0.2, -0.15) is 0 Å². The maximum absolute atomic E-state index is 9.77. The van der Waals surface area contributed by atoms with Crippen LogP contribution in [0.1, 0.15) is 0 Å². The van der Waals surface area contributed by atoms with Crippen LogP contribution in [0.5, 0.6) is 0 Å². The highest BCUT2D eigenvalue weighted by Crippen LogP contribution is 2.36. The zero-order valence-electron chi connectivity index (χ0n) is 8.11. The quantitative estimate of drug-likeness (QED) is 0.514. The molecule has 2 heterocycles. The lowest BCUT2D eigenvalue weighted by atomic mass is 10.0. The van der Waals surface area contributed by atoms with Crippen molar-refractivity contribution < 1.29 is 24.8 Å². The van der Waals surface area contributed by atoms with Gasteiger partial charge in [-0.1, -0.05) is 11.8 Å². The summed E-state index contributed by atoms with van der Waals surface area (Å²) in [6, 6.07) is 0. The Labute approximate surface area is 90.9 Å². The minimum Gasteiger partial charge on any atom is -0.476 e. The second-order valence-corrected chi connectivity index (χ2v) is 4.54. The van der Waals surface area contributed by atoms with Crippen LogP contribution in [0.25, 0.3) is 0 Å². The van der Waals surface area contributed by atoms with Gasteiger partial charge in [-0.25, -0.2) is 4.99 Å². The van der Waals surface area contributed by atoms with Crippen LogP contribution in [-0.2, 0) is 9.47 Å². The molecule has 0 amide bonds. The average molecular weight is 235 g/mol. The Bertz CT molecular complexity index is 274. The zero-order valence-corrected chi connectivity index (χ0v) is 8.92. The number of nitrogens with zero attached hydrogens (tertiary/aromatic N) is 1. The summed E-state index contributed by atoms with van der Waals surface area (Å²) in [5, 5.41) is 28.4. The van der Waals surface area contributed by atoms with E-state index in [-0.39, 0.29) is 11.9 Å². The minimum absolute atomic E-state index is 0.343. The van der Waals surface area contributed by atoms with Crippen molar-refractivity contribution in [2.24, 2.45) is 4.99 Å². The first-order chi connectivity index (χ1) is 7.17. The topological polar surface area (TPSA) is 91.5 Å². The molecular weight excluding hydrogens is 222 g/mol. The Balaban J connectivity index is 2.12. The van der Waals surface area contributed by atoms with Crippen molar-refractivity contribution in [1.29, 1.82) is 0 Å². The smallest absolute Gasteiger partial charge is 0.248 e. The molecular formula is C8H13NO5S. The number of thioether (sulfide) groups is 1.